The molecule has 0 aromatic carbocycles. The van der Waals surface area contributed by atoms with Crippen LogP contribution in [-0.4, -0.2) is 23.0 Å². The molecule has 1 aromatic heterocycles. The molecule has 0 saturated carbocycles. The number of nitrogens with two attached hydrogens (primary N) is 1. The van der Waals surface area contributed by atoms with Gasteiger partial charge < -0.3 is 10.5 Å². The van der Waals surface area contributed by atoms with E-state index in [1.807, 2.05) is 0 Å². The van der Waals surface area contributed by atoms with Crippen LogP contribution < -0.4 is 5.73 Å². The van der Waals surface area contributed by atoms with E-state index in [-0.39, 0.29) is 5.82 Å². The Kier molecular flexibility index (Phi) is 2.71. The lowest BCUT2D eigenvalue weighted by atomic mass is 10.3. The van der Waals surface area contributed by atoms with Gasteiger partial charge in [0.1, 0.15) is 0 Å². The first-order valence-corrected chi connectivity index (χ1v) is 3.37. The Morgan fingerprint density at radius 1 is 1.58 bits per heavy atom. The smallest absolute Gasteiger partial charge is 0.376 e. The van der Waals surface area contributed by atoms with Gasteiger partial charge in [-0.3, -0.25) is 0 Å². The molecule has 2 N–H and O–H groups in total. The van der Waals surface area contributed by atoms with Gasteiger partial charge in [0.15, 0.2) is 0 Å². The summed E-state index contributed by atoms with van der Waals surface area (Å²) in [6.45, 7) is 0.363. The van der Waals surface area contributed by atoms with E-state index in [0.29, 0.717) is 6.54 Å². The van der Waals surface area contributed by atoms with Gasteiger partial charge in [-0.05, 0) is 0 Å². The molecule has 5 heteroatoms. The Bertz CT molecular complexity index is 270. The quantitative estimate of drug-likeness (QED) is 0.613. The van der Waals surface area contributed by atoms with Crippen molar-refractivity contribution in [2.45, 2.75) is 6.54 Å². The molecule has 0 spiro atoms. The standard InChI is InChI=1S/C7H9N3O2/c1-12-7(11)6-9-3-5(2-8)4-10-6/h3-4H,2,8H2,1H3. The summed E-state index contributed by atoms with van der Waals surface area (Å²) in [6, 6.07) is 0. The van der Waals surface area contributed by atoms with Crippen LogP contribution in [0.15, 0.2) is 12.4 Å². The van der Waals surface area contributed by atoms with Crippen molar-refractivity contribution < 1.29 is 9.53 Å². The number of methoxy groups -OCH3 is 1. The van der Waals surface area contributed by atoms with Crippen LogP contribution in [0.4, 0.5) is 0 Å². The number of nitrogens with zero attached hydrogens (tertiary/aromatic N) is 2. The van der Waals surface area contributed by atoms with Crippen molar-refractivity contribution >= 4 is 5.97 Å². The average Bonchev–Trinajstić information content (AvgIpc) is 2.17. The molecule has 0 aliphatic heterocycles. The molecule has 1 heterocycles. The van der Waals surface area contributed by atoms with Gasteiger partial charge in [0.25, 0.3) is 0 Å². The minimum absolute atomic E-state index is 0.0506. The monoisotopic (exact) mass is 167 g/mol. The van der Waals surface area contributed by atoms with Crippen molar-refractivity contribution in [3.8, 4) is 0 Å². The van der Waals surface area contributed by atoms with Crippen molar-refractivity contribution in [1.29, 1.82) is 0 Å². The maximum atomic E-state index is 10.8. The van der Waals surface area contributed by atoms with E-state index in [1.165, 1.54) is 19.5 Å². The van der Waals surface area contributed by atoms with E-state index in [2.05, 4.69) is 14.7 Å². The molecule has 0 unspecified atom stereocenters. The average molecular weight is 167 g/mol. The number of aromatic nitrogens is 2. The normalized spacial score (nSPS) is 9.50. The molecule has 0 atom stereocenters. The zero-order valence-electron chi connectivity index (χ0n) is 6.65. The molecule has 5 nitrogen and oxygen atoms in total. The summed E-state index contributed by atoms with van der Waals surface area (Å²) in [6.07, 6.45) is 3.00. The van der Waals surface area contributed by atoms with E-state index < -0.39 is 5.97 Å². The Hall–Kier alpha value is -1.49. The summed E-state index contributed by atoms with van der Waals surface area (Å²) >= 11 is 0. The number of rotatable bonds is 2. The minimum atomic E-state index is -0.543. The van der Waals surface area contributed by atoms with Crippen molar-refractivity contribution in [1.82, 2.24) is 9.97 Å². The molecule has 0 aliphatic carbocycles. The highest BCUT2D eigenvalue weighted by molar-refractivity contribution is 5.84. The van der Waals surface area contributed by atoms with Crippen LogP contribution in [0.25, 0.3) is 0 Å². The fraction of sp³-hybridized carbons (Fsp3) is 0.286. The van der Waals surface area contributed by atoms with Gasteiger partial charge in [0.2, 0.25) is 5.82 Å². The van der Waals surface area contributed by atoms with Gasteiger partial charge in [-0.2, -0.15) is 0 Å². The van der Waals surface area contributed by atoms with Gasteiger partial charge in [-0.25, -0.2) is 14.8 Å². The summed E-state index contributed by atoms with van der Waals surface area (Å²) in [5.74, 6) is -0.492. The van der Waals surface area contributed by atoms with Crippen LogP contribution in [0, 0.1) is 0 Å². The van der Waals surface area contributed by atoms with E-state index in [1.54, 1.807) is 0 Å². The van der Waals surface area contributed by atoms with Crippen molar-refractivity contribution in [2.75, 3.05) is 7.11 Å². The number of hydrogen-bond acceptors (Lipinski definition) is 5. The van der Waals surface area contributed by atoms with Gasteiger partial charge in [0, 0.05) is 24.5 Å². The summed E-state index contributed by atoms with van der Waals surface area (Å²) < 4.78 is 4.41. The second-order valence-electron chi connectivity index (χ2n) is 2.11. The third-order valence-corrected chi connectivity index (χ3v) is 1.31. The number of carbonyl (C=O) groups excluding carboxylic acids is 1. The largest absolute Gasteiger partial charge is 0.463 e. The van der Waals surface area contributed by atoms with E-state index >= 15 is 0 Å². The molecule has 12 heavy (non-hydrogen) atoms. The molecule has 0 amide bonds. The highest BCUT2D eigenvalue weighted by Gasteiger charge is 2.07. The van der Waals surface area contributed by atoms with Gasteiger partial charge in [-0.15, -0.1) is 0 Å². The minimum Gasteiger partial charge on any atom is -0.463 e. The molecular formula is C7H9N3O2. The zero-order chi connectivity index (χ0) is 8.97. The van der Waals surface area contributed by atoms with Crippen LogP contribution in [0.5, 0.6) is 0 Å². The van der Waals surface area contributed by atoms with Gasteiger partial charge in [-0.1, -0.05) is 0 Å². The second-order valence-corrected chi connectivity index (χ2v) is 2.11. The van der Waals surface area contributed by atoms with Crippen LogP contribution in [0.2, 0.25) is 0 Å². The summed E-state index contributed by atoms with van der Waals surface area (Å²) in [5.41, 5.74) is 6.09. The first kappa shape index (κ1) is 8.61. The number of ether oxygens (including phenoxy) is 1. The zero-order valence-corrected chi connectivity index (χ0v) is 6.65. The summed E-state index contributed by atoms with van der Waals surface area (Å²) in [4.78, 5) is 18.3. The Morgan fingerprint density at radius 3 is 2.58 bits per heavy atom. The lowest BCUT2D eigenvalue weighted by Crippen LogP contribution is -2.08. The third-order valence-electron chi connectivity index (χ3n) is 1.31. The fourth-order valence-electron chi connectivity index (χ4n) is 0.657. The molecule has 0 bridgehead atoms. The number of carbonyl (C=O) groups is 1. The van der Waals surface area contributed by atoms with Gasteiger partial charge in [0.05, 0.1) is 7.11 Å². The van der Waals surface area contributed by atoms with Crippen LogP contribution in [0.1, 0.15) is 16.2 Å². The lowest BCUT2D eigenvalue weighted by molar-refractivity contribution is 0.0586. The summed E-state index contributed by atoms with van der Waals surface area (Å²) in [5, 5.41) is 0. The van der Waals surface area contributed by atoms with Crippen LogP contribution >= 0.6 is 0 Å². The van der Waals surface area contributed by atoms with Crippen LogP contribution in [-0.2, 0) is 11.3 Å². The fourth-order valence-corrected chi connectivity index (χ4v) is 0.657. The second kappa shape index (κ2) is 3.77. The molecule has 0 radical (unpaired) electrons. The van der Waals surface area contributed by atoms with E-state index in [9.17, 15) is 4.79 Å². The molecule has 0 fully saturated rings. The Balaban J connectivity index is 2.84. The first-order valence-electron chi connectivity index (χ1n) is 3.37. The third kappa shape index (κ3) is 1.76. The predicted octanol–water partition coefficient (Wildman–Crippen LogP) is -0.278. The molecule has 64 valence electrons. The molecule has 0 saturated heterocycles. The first-order chi connectivity index (χ1) is 5.77. The Morgan fingerprint density at radius 2 is 2.17 bits per heavy atom. The van der Waals surface area contributed by atoms with Gasteiger partial charge >= 0.3 is 5.97 Å². The molecule has 1 aromatic rings. The maximum absolute atomic E-state index is 10.8. The van der Waals surface area contributed by atoms with E-state index in [4.69, 9.17) is 5.73 Å². The SMILES string of the molecule is COC(=O)c1ncc(CN)cn1. The van der Waals surface area contributed by atoms with E-state index in [0.717, 1.165) is 5.56 Å². The molecule has 1 rings (SSSR count). The topological polar surface area (TPSA) is 78.1 Å². The highest BCUT2D eigenvalue weighted by Crippen LogP contribution is 1.95. The Labute approximate surface area is 69.6 Å². The number of hydrogen-bond donors (Lipinski definition) is 1. The van der Waals surface area contributed by atoms with Crippen molar-refractivity contribution in [3.63, 3.8) is 0 Å². The molecular weight excluding hydrogens is 158 g/mol. The maximum Gasteiger partial charge on any atom is 0.376 e. The highest BCUT2D eigenvalue weighted by atomic mass is 16.5. The van der Waals surface area contributed by atoms with Crippen molar-refractivity contribution in [3.05, 3.63) is 23.8 Å². The summed E-state index contributed by atoms with van der Waals surface area (Å²) in [7, 11) is 1.28. The van der Waals surface area contributed by atoms with Crippen molar-refractivity contribution in [2.24, 2.45) is 5.73 Å². The molecule has 0 aliphatic rings. The lowest BCUT2D eigenvalue weighted by Gasteiger charge is -1.97. The number of esters is 1. The predicted molar refractivity (Wildman–Crippen MR) is 41.3 cm³/mol. The van der Waals surface area contributed by atoms with Crippen LogP contribution in [0.3, 0.4) is 0 Å².